The maximum Gasteiger partial charge on any atom is 0.322 e. The predicted octanol–water partition coefficient (Wildman–Crippen LogP) is -0.151. The first-order chi connectivity index (χ1) is 6.18. The smallest absolute Gasteiger partial charge is 0.322 e. The third-order valence-corrected chi connectivity index (χ3v) is 3.03. The Kier molecular flexibility index (Phi) is 2.26. The minimum Gasteiger partial charge on any atom is -0.480 e. The monoisotopic (exact) mass is 184 g/mol. The van der Waals surface area contributed by atoms with Gasteiger partial charge in [-0.05, 0) is 19.9 Å². The molecule has 0 aromatic rings. The summed E-state index contributed by atoms with van der Waals surface area (Å²) in [5, 5.41) is 8.96. The van der Waals surface area contributed by atoms with E-state index in [4.69, 9.17) is 5.11 Å². The van der Waals surface area contributed by atoms with E-state index in [1.165, 1.54) is 12.8 Å². The molecule has 1 N–H and O–H groups in total. The molecule has 0 amide bonds. The van der Waals surface area contributed by atoms with Crippen LogP contribution in [0, 0.1) is 0 Å². The van der Waals surface area contributed by atoms with E-state index in [0.717, 1.165) is 13.1 Å². The van der Waals surface area contributed by atoms with Gasteiger partial charge in [0.25, 0.3) is 0 Å². The van der Waals surface area contributed by atoms with Crippen molar-refractivity contribution in [2.24, 2.45) is 0 Å². The van der Waals surface area contributed by atoms with Crippen LogP contribution in [-0.2, 0) is 4.79 Å². The molecule has 4 heteroatoms. The van der Waals surface area contributed by atoms with Crippen molar-refractivity contribution in [2.45, 2.75) is 24.9 Å². The molecule has 1 aliphatic heterocycles. The number of nitrogens with zero attached hydrogens (tertiary/aromatic N) is 2. The molecule has 2 aliphatic rings. The van der Waals surface area contributed by atoms with Crippen molar-refractivity contribution in [3.63, 3.8) is 0 Å². The molecule has 0 aromatic heterocycles. The molecule has 2 fully saturated rings. The van der Waals surface area contributed by atoms with Crippen LogP contribution in [0.2, 0.25) is 0 Å². The maximum absolute atomic E-state index is 10.9. The molecule has 1 aliphatic carbocycles. The Bertz CT molecular complexity index is 216. The highest BCUT2D eigenvalue weighted by Crippen LogP contribution is 2.28. The fraction of sp³-hybridized carbons (Fsp3) is 0.889. The summed E-state index contributed by atoms with van der Waals surface area (Å²) >= 11 is 0. The minimum atomic E-state index is -0.687. The molecule has 13 heavy (non-hydrogen) atoms. The zero-order chi connectivity index (χ0) is 9.42. The highest BCUT2D eigenvalue weighted by Gasteiger charge is 2.36. The standard InChI is InChI=1S/C9H16N2O2/c1-10-4-5-11(7-2-3-7)6-8(10)9(12)13/h7-8H,2-6H2,1H3,(H,12,13). The lowest BCUT2D eigenvalue weighted by atomic mass is 10.2. The van der Waals surface area contributed by atoms with Crippen molar-refractivity contribution >= 4 is 5.97 Å². The van der Waals surface area contributed by atoms with E-state index in [-0.39, 0.29) is 6.04 Å². The second kappa shape index (κ2) is 3.27. The molecule has 74 valence electrons. The summed E-state index contributed by atoms with van der Waals surface area (Å²) in [4.78, 5) is 15.1. The van der Waals surface area contributed by atoms with E-state index in [0.29, 0.717) is 12.6 Å². The number of piperazine rings is 1. The van der Waals surface area contributed by atoms with Gasteiger partial charge in [0.1, 0.15) is 6.04 Å². The number of carboxylic acid groups (broad SMARTS) is 1. The maximum atomic E-state index is 10.9. The highest BCUT2D eigenvalue weighted by atomic mass is 16.4. The molecule has 4 nitrogen and oxygen atoms in total. The van der Waals surface area contributed by atoms with Gasteiger partial charge >= 0.3 is 5.97 Å². The molecule has 2 rings (SSSR count). The van der Waals surface area contributed by atoms with Crippen LogP contribution in [0.15, 0.2) is 0 Å². The molecule has 1 atom stereocenters. The second-order valence-corrected chi connectivity index (χ2v) is 4.06. The number of carboxylic acids is 1. The van der Waals surface area contributed by atoms with Gasteiger partial charge in [0, 0.05) is 25.7 Å². The van der Waals surface area contributed by atoms with Crippen LogP contribution in [0.25, 0.3) is 0 Å². The summed E-state index contributed by atoms with van der Waals surface area (Å²) < 4.78 is 0. The third-order valence-electron chi connectivity index (χ3n) is 3.03. The number of rotatable bonds is 2. The lowest BCUT2D eigenvalue weighted by Crippen LogP contribution is -2.55. The number of aliphatic carboxylic acids is 1. The lowest BCUT2D eigenvalue weighted by Gasteiger charge is -2.37. The molecule has 1 unspecified atom stereocenters. The first-order valence-electron chi connectivity index (χ1n) is 4.85. The van der Waals surface area contributed by atoms with Crippen molar-refractivity contribution in [1.82, 2.24) is 9.80 Å². The van der Waals surface area contributed by atoms with Crippen LogP contribution >= 0.6 is 0 Å². The predicted molar refractivity (Wildman–Crippen MR) is 48.6 cm³/mol. The normalized spacial score (nSPS) is 31.9. The first kappa shape index (κ1) is 8.97. The van der Waals surface area contributed by atoms with Gasteiger partial charge in [0.05, 0.1) is 0 Å². The van der Waals surface area contributed by atoms with Gasteiger partial charge in [0.2, 0.25) is 0 Å². The summed E-state index contributed by atoms with van der Waals surface area (Å²) in [6.45, 7) is 2.62. The Labute approximate surface area is 78.1 Å². The quantitative estimate of drug-likeness (QED) is 0.648. The van der Waals surface area contributed by atoms with Gasteiger partial charge in [0.15, 0.2) is 0 Å². The van der Waals surface area contributed by atoms with Crippen LogP contribution in [0.5, 0.6) is 0 Å². The van der Waals surface area contributed by atoms with Gasteiger partial charge in [-0.1, -0.05) is 0 Å². The Balaban J connectivity index is 1.96. The van der Waals surface area contributed by atoms with Gasteiger partial charge in [-0.15, -0.1) is 0 Å². The Morgan fingerprint density at radius 1 is 1.38 bits per heavy atom. The van der Waals surface area contributed by atoms with E-state index >= 15 is 0 Å². The van der Waals surface area contributed by atoms with Crippen molar-refractivity contribution in [1.29, 1.82) is 0 Å². The Morgan fingerprint density at radius 2 is 2.08 bits per heavy atom. The molecular weight excluding hydrogens is 168 g/mol. The van der Waals surface area contributed by atoms with E-state index in [2.05, 4.69) is 4.90 Å². The molecule has 1 saturated carbocycles. The van der Waals surface area contributed by atoms with Crippen LogP contribution in [0.3, 0.4) is 0 Å². The molecule has 0 spiro atoms. The fourth-order valence-electron chi connectivity index (χ4n) is 1.93. The average molecular weight is 184 g/mol. The second-order valence-electron chi connectivity index (χ2n) is 4.06. The van der Waals surface area contributed by atoms with E-state index < -0.39 is 5.97 Å². The van der Waals surface area contributed by atoms with Crippen LogP contribution in [-0.4, -0.2) is 59.6 Å². The SMILES string of the molecule is CN1CCN(C2CC2)CC1C(=O)O. The number of hydrogen-bond acceptors (Lipinski definition) is 3. The fourth-order valence-corrected chi connectivity index (χ4v) is 1.93. The largest absolute Gasteiger partial charge is 0.480 e. The van der Waals surface area contributed by atoms with Crippen LogP contribution < -0.4 is 0 Å². The van der Waals surface area contributed by atoms with Gasteiger partial charge in [-0.25, -0.2) is 0 Å². The number of hydrogen-bond donors (Lipinski definition) is 1. The molecular formula is C9H16N2O2. The number of likely N-dealkylation sites (N-methyl/N-ethyl adjacent to an activating group) is 1. The first-order valence-corrected chi connectivity index (χ1v) is 4.85. The molecule has 0 radical (unpaired) electrons. The van der Waals surface area contributed by atoms with Gasteiger partial charge < -0.3 is 5.11 Å². The minimum absolute atomic E-state index is 0.297. The topological polar surface area (TPSA) is 43.8 Å². The zero-order valence-corrected chi connectivity index (χ0v) is 7.94. The van der Waals surface area contributed by atoms with Crippen molar-refractivity contribution in [3.05, 3.63) is 0 Å². The average Bonchev–Trinajstić information content (AvgIpc) is 2.87. The third kappa shape index (κ3) is 1.84. The van der Waals surface area contributed by atoms with Crippen molar-refractivity contribution < 1.29 is 9.90 Å². The molecule has 0 bridgehead atoms. The van der Waals surface area contributed by atoms with Crippen molar-refractivity contribution in [2.75, 3.05) is 26.7 Å². The van der Waals surface area contributed by atoms with E-state index in [9.17, 15) is 4.79 Å². The molecule has 0 aromatic carbocycles. The molecule has 1 saturated heterocycles. The molecule has 1 heterocycles. The van der Waals surface area contributed by atoms with E-state index in [1.54, 1.807) is 0 Å². The van der Waals surface area contributed by atoms with Gasteiger partial charge in [-0.2, -0.15) is 0 Å². The van der Waals surface area contributed by atoms with Gasteiger partial charge in [-0.3, -0.25) is 14.6 Å². The summed E-state index contributed by atoms with van der Waals surface area (Å²) in [6, 6.07) is 0.393. The summed E-state index contributed by atoms with van der Waals surface area (Å²) in [7, 11) is 1.89. The Hall–Kier alpha value is -0.610. The Morgan fingerprint density at radius 3 is 2.62 bits per heavy atom. The lowest BCUT2D eigenvalue weighted by molar-refractivity contribution is -0.145. The van der Waals surface area contributed by atoms with Crippen molar-refractivity contribution in [3.8, 4) is 0 Å². The van der Waals surface area contributed by atoms with Crippen LogP contribution in [0.4, 0.5) is 0 Å². The number of carbonyl (C=O) groups is 1. The summed E-state index contributed by atoms with van der Waals surface area (Å²) in [5.74, 6) is -0.687. The summed E-state index contributed by atoms with van der Waals surface area (Å²) in [5.41, 5.74) is 0. The zero-order valence-electron chi connectivity index (χ0n) is 7.94. The highest BCUT2D eigenvalue weighted by molar-refractivity contribution is 5.73. The van der Waals surface area contributed by atoms with E-state index in [1.807, 2.05) is 11.9 Å². The summed E-state index contributed by atoms with van der Waals surface area (Å²) in [6.07, 6.45) is 2.52. The van der Waals surface area contributed by atoms with Crippen LogP contribution in [0.1, 0.15) is 12.8 Å².